The molecule has 0 aromatic heterocycles. The average Bonchev–Trinajstić information content (AvgIpc) is 2.56. The highest BCUT2D eigenvalue weighted by atomic mass is 15.0. The van der Waals surface area contributed by atoms with E-state index in [2.05, 4.69) is 64.1 Å². The van der Waals surface area contributed by atoms with Crippen molar-refractivity contribution in [1.29, 1.82) is 0 Å². The van der Waals surface area contributed by atoms with Gasteiger partial charge < -0.3 is 11.5 Å². The summed E-state index contributed by atoms with van der Waals surface area (Å²) in [5.41, 5.74) is 17.6. The van der Waals surface area contributed by atoms with Gasteiger partial charge >= 0.3 is 0 Å². The molecule has 4 N–H and O–H groups in total. The van der Waals surface area contributed by atoms with E-state index < -0.39 is 5.66 Å². The molecular weight excluding hydrogens is 280 g/mol. The zero-order valence-electron chi connectivity index (χ0n) is 15.2. The highest BCUT2D eigenvalue weighted by Crippen LogP contribution is 2.45. The Hall–Kier alpha value is -1.38. The molecule has 1 aromatic carbocycles. The van der Waals surface area contributed by atoms with E-state index in [0.29, 0.717) is 0 Å². The minimum absolute atomic E-state index is 0.148. The van der Waals surface area contributed by atoms with Gasteiger partial charge in [0.1, 0.15) is 0 Å². The first kappa shape index (κ1) is 18.0. The van der Waals surface area contributed by atoms with Crippen LogP contribution in [0.4, 0.5) is 0 Å². The second kappa shape index (κ2) is 7.02. The first-order valence-electron chi connectivity index (χ1n) is 9.00. The summed E-state index contributed by atoms with van der Waals surface area (Å²) in [6.07, 6.45) is 9.45. The molecule has 0 amide bonds. The molecule has 1 aliphatic rings. The molecule has 2 rings (SSSR count). The Bertz CT molecular complexity index is 604. The van der Waals surface area contributed by atoms with E-state index in [4.69, 9.17) is 11.5 Å². The summed E-state index contributed by atoms with van der Waals surface area (Å²) in [5, 5.41) is 0. The van der Waals surface area contributed by atoms with Crippen LogP contribution in [0.25, 0.3) is 0 Å². The molecule has 0 radical (unpaired) electrons. The van der Waals surface area contributed by atoms with Gasteiger partial charge in [0.25, 0.3) is 0 Å². The molecule has 0 atom stereocenters. The van der Waals surface area contributed by atoms with E-state index in [0.717, 1.165) is 32.1 Å². The van der Waals surface area contributed by atoms with Crippen molar-refractivity contribution in [2.75, 3.05) is 0 Å². The van der Waals surface area contributed by atoms with Crippen molar-refractivity contribution >= 4 is 0 Å². The molecule has 2 heteroatoms. The highest BCUT2D eigenvalue weighted by Gasteiger charge is 2.46. The van der Waals surface area contributed by atoms with Gasteiger partial charge in [-0.25, -0.2) is 0 Å². The minimum atomic E-state index is -0.736. The van der Waals surface area contributed by atoms with Gasteiger partial charge in [0.15, 0.2) is 0 Å². The van der Waals surface area contributed by atoms with E-state index >= 15 is 0 Å². The standard InChI is InChI=1S/C21H32N2/c1-5-16-10-9-11-17(12-16)13-18-14-19(6-2)21(22,23)20(7-3,8-4)15-18/h9-12,14-15H,5-8,13,22-23H2,1-4H3. The molecule has 126 valence electrons. The van der Waals surface area contributed by atoms with Crippen LogP contribution in [0.3, 0.4) is 0 Å². The minimum Gasteiger partial charge on any atom is -0.309 e. The second-order valence-corrected chi connectivity index (χ2v) is 6.82. The summed E-state index contributed by atoms with van der Waals surface area (Å²) < 4.78 is 0. The van der Waals surface area contributed by atoms with Crippen molar-refractivity contribution in [1.82, 2.24) is 0 Å². The molecule has 1 aromatic rings. The lowest BCUT2D eigenvalue weighted by Gasteiger charge is -2.48. The smallest absolute Gasteiger partial charge is 0.0954 e. The maximum absolute atomic E-state index is 6.60. The summed E-state index contributed by atoms with van der Waals surface area (Å²) in [5.74, 6) is 0. The number of nitrogens with two attached hydrogens (primary N) is 2. The summed E-state index contributed by atoms with van der Waals surface area (Å²) in [7, 11) is 0. The number of hydrogen-bond acceptors (Lipinski definition) is 2. The zero-order valence-corrected chi connectivity index (χ0v) is 15.2. The van der Waals surface area contributed by atoms with E-state index in [1.54, 1.807) is 0 Å². The molecule has 23 heavy (non-hydrogen) atoms. The summed E-state index contributed by atoms with van der Waals surface area (Å²) >= 11 is 0. The first-order chi connectivity index (χ1) is 10.9. The Morgan fingerprint density at radius 3 is 2.13 bits per heavy atom. The van der Waals surface area contributed by atoms with Gasteiger partial charge in [0.05, 0.1) is 5.66 Å². The van der Waals surface area contributed by atoms with Gasteiger partial charge in [-0.2, -0.15) is 0 Å². The third-order valence-corrected chi connectivity index (χ3v) is 5.63. The fourth-order valence-corrected chi connectivity index (χ4v) is 3.91. The first-order valence-corrected chi connectivity index (χ1v) is 9.00. The van der Waals surface area contributed by atoms with E-state index in [1.807, 2.05) is 0 Å². The molecule has 0 aliphatic heterocycles. The lowest BCUT2D eigenvalue weighted by Crippen LogP contribution is -2.63. The van der Waals surface area contributed by atoms with Gasteiger partial charge in [-0.1, -0.05) is 64.1 Å². The van der Waals surface area contributed by atoms with Crippen LogP contribution in [0.2, 0.25) is 0 Å². The molecule has 0 heterocycles. The summed E-state index contributed by atoms with van der Waals surface area (Å²) in [6, 6.07) is 8.88. The molecule has 0 unspecified atom stereocenters. The van der Waals surface area contributed by atoms with Crippen LogP contribution in [0.5, 0.6) is 0 Å². The van der Waals surface area contributed by atoms with Crippen molar-refractivity contribution in [2.24, 2.45) is 16.9 Å². The Morgan fingerprint density at radius 1 is 0.913 bits per heavy atom. The average molecular weight is 313 g/mol. The number of benzene rings is 1. The number of hydrogen-bond donors (Lipinski definition) is 2. The molecule has 0 saturated carbocycles. The van der Waals surface area contributed by atoms with Crippen LogP contribution in [0.15, 0.2) is 47.6 Å². The fourth-order valence-electron chi connectivity index (χ4n) is 3.91. The molecule has 0 saturated heterocycles. The molecule has 0 fully saturated rings. The maximum Gasteiger partial charge on any atom is 0.0954 e. The Kier molecular flexibility index (Phi) is 5.49. The maximum atomic E-state index is 6.60. The van der Waals surface area contributed by atoms with Crippen molar-refractivity contribution in [2.45, 2.75) is 65.5 Å². The summed E-state index contributed by atoms with van der Waals surface area (Å²) in [4.78, 5) is 0. The van der Waals surface area contributed by atoms with Gasteiger partial charge in [-0.3, -0.25) is 0 Å². The van der Waals surface area contributed by atoms with Crippen LogP contribution in [0.1, 0.15) is 58.1 Å². The molecular formula is C21H32N2. The Labute approximate surface area is 141 Å². The van der Waals surface area contributed by atoms with Gasteiger partial charge in [0, 0.05) is 5.41 Å². The predicted octanol–water partition coefficient (Wildman–Crippen LogP) is 4.49. The van der Waals surface area contributed by atoms with Gasteiger partial charge in [-0.05, 0) is 54.4 Å². The van der Waals surface area contributed by atoms with Crippen LogP contribution >= 0.6 is 0 Å². The van der Waals surface area contributed by atoms with E-state index in [9.17, 15) is 0 Å². The molecule has 0 bridgehead atoms. The number of allylic oxidation sites excluding steroid dienone is 2. The highest BCUT2D eigenvalue weighted by molar-refractivity contribution is 5.43. The lowest BCUT2D eigenvalue weighted by molar-refractivity contribution is 0.195. The normalized spacial score (nSPS) is 19.2. The van der Waals surface area contributed by atoms with E-state index in [1.165, 1.54) is 22.3 Å². The van der Waals surface area contributed by atoms with Gasteiger partial charge in [0.2, 0.25) is 0 Å². The largest absolute Gasteiger partial charge is 0.309 e. The monoisotopic (exact) mass is 312 g/mol. The topological polar surface area (TPSA) is 52.0 Å². The van der Waals surface area contributed by atoms with Gasteiger partial charge in [-0.15, -0.1) is 0 Å². The SMILES string of the molecule is CCC1=CC(Cc2cccc(CC)c2)=CC(CC)(CC)C1(N)N. The molecule has 0 spiro atoms. The Balaban J connectivity index is 2.40. The third-order valence-electron chi connectivity index (χ3n) is 5.63. The van der Waals surface area contributed by atoms with Crippen molar-refractivity contribution < 1.29 is 0 Å². The number of rotatable bonds is 6. The summed E-state index contributed by atoms with van der Waals surface area (Å²) in [6.45, 7) is 8.74. The lowest BCUT2D eigenvalue weighted by atomic mass is 9.64. The second-order valence-electron chi connectivity index (χ2n) is 6.82. The fraction of sp³-hybridized carbons (Fsp3) is 0.524. The van der Waals surface area contributed by atoms with Crippen molar-refractivity contribution in [3.8, 4) is 0 Å². The van der Waals surface area contributed by atoms with Crippen LogP contribution in [-0.2, 0) is 12.8 Å². The quantitative estimate of drug-likeness (QED) is 0.760. The van der Waals surface area contributed by atoms with Crippen LogP contribution in [0, 0.1) is 5.41 Å². The van der Waals surface area contributed by atoms with E-state index in [-0.39, 0.29) is 5.41 Å². The number of aryl methyl sites for hydroxylation is 1. The Morgan fingerprint density at radius 2 is 1.57 bits per heavy atom. The van der Waals surface area contributed by atoms with Crippen molar-refractivity contribution in [3.63, 3.8) is 0 Å². The van der Waals surface area contributed by atoms with Crippen LogP contribution in [-0.4, -0.2) is 5.66 Å². The molecule has 2 nitrogen and oxygen atoms in total. The van der Waals surface area contributed by atoms with Crippen molar-refractivity contribution in [3.05, 3.63) is 58.7 Å². The van der Waals surface area contributed by atoms with Crippen LogP contribution < -0.4 is 11.5 Å². The predicted molar refractivity (Wildman–Crippen MR) is 100 cm³/mol. The molecule has 1 aliphatic carbocycles. The third kappa shape index (κ3) is 3.29. The zero-order chi connectivity index (χ0) is 17.1.